The third kappa shape index (κ3) is 5.51. The molecular weight excluding hydrogens is 399 g/mol. The van der Waals surface area contributed by atoms with Crippen molar-refractivity contribution >= 4 is 23.7 Å². The number of amides is 4. The van der Waals surface area contributed by atoms with E-state index in [0.717, 1.165) is 19.3 Å². The van der Waals surface area contributed by atoms with Gasteiger partial charge in [-0.25, -0.2) is 14.0 Å². The summed E-state index contributed by atoms with van der Waals surface area (Å²) in [5, 5.41) is 5.82. The lowest BCUT2D eigenvalue weighted by molar-refractivity contribution is 0.0552. The molecule has 1 aromatic rings. The maximum atomic E-state index is 14.0. The van der Waals surface area contributed by atoms with E-state index in [1.54, 1.807) is 31.2 Å². The van der Waals surface area contributed by atoms with Crippen molar-refractivity contribution in [1.29, 1.82) is 0 Å². The number of urea groups is 2. The van der Waals surface area contributed by atoms with E-state index in [0.29, 0.717) is 30.3 Å². The summed E-state index contributed by atoms with van der Waals surface area (Å²) in [6.45, 7) is 1.68. The van der Waals surface area contributed by atoms with Crippen LogP contribution in [-0.4, -0.2) is 67.8 Å². The Morgan fingerprint density at radius 2 is 2.07 bits per heavy atom. The van der Waals surface area contributed by atoms with Crippen LogP contribution in [-0.2, 0) is 11.3 Å². The third-order valence-electron chi connectivity index (χ3n) is 5.43. The molecule has 1 saturated carbocycles. The molecule has 9 heteroatoms. The van der Waals surface area contributed by atoms with Gasteiger partial charge in [-0.1, -0.05) is 17.7 Å². The van der Waals surface area contributed by atoms with Crippen LogP contribution in [0.5, 0.6) is 0 Å². The number of likely N-dealkylation sites (tertiary alicyclic amines) is 1. The van der Waals surface area contributed by atoms with Crippen molar-refractivity contribution < 1.29 is 18.7 Å². The number of carbonyl (C=O) groups excluding carboxylic acids is 2. The number of ether oxygens (including phenoxy) is 1. The Balaban J connectivity index is 1.70. The average molecular weight is 427 g/mol. The van der Waals surface area contributed by atoms with Crippen molar-refractivity contribution in [3.8, 4) is 0 Å². The molecule has 0 unspecified atom stereocenters. The van der Waals surface area contributed by atoms with Gasteiger partial charge in [0, 0.05) is 56.3 Å². The van der Waals surface area contributed by atoms with E-state index in [1.807, 2.05) is 4.90 Å². The Morgan fingerprint density at radius 3 is 2.69 bits per heavy atom. The smallest absolute Gasteiger partial charge is 0.318 e. The normalized spacial score (nSPS) is 21.6. The fourth-order valence-electron chi connectivity index (χ4n) is 3.97. The molecule has 0 spiro atoms. The lowest BCUT2D eigenvalue weighted by atomic mass is 9.94. The summed E-state index contributed by atoms with van der Waals surface area (Å²) in [5.74, 6) is -0.293. The highest BCUT2D eigenvalue weighted by Gasteiger charge is 2.41. The van der Waals surface area contributed by atoms with Crippen molar-refractivity contribution in [2.75, 3.05) is 33.9 Å². The molecule has 1 aliphatic heterocycles. The second-order valence-electron chi connectivity index (χ2n) is 7.70. The number of methoxy groups -OCH3 is 1. The summed E-state index contributed by atoms with van der Waals surface area (Å²) in [5.41, 5.74) is 0.381. The van der Waals surface area contributed by atoms with E-state index >= 15 is 0 Å². The minimum atomic E-state index is -0.445. The Labute approximate surface area is 175 Å². The van der Waals surface area contributed by atoms with Crippen LogP contribution in [0.15, 0.2) is 18.2 Å². The Hall–Kier alpha value is -2.06. The van der Waals surface area contributed by atoms with Gasteiger partial charge in [0.25, 0.3) is 0 Å². The van der Waals surface area contributed by atoms with Gasteiger partial charge in [-0.2, -0.15) is 0 Å². The Kier molecular flexibility index (Phi) is 7.18. The molecule has 1 aliphatic carbocycles. The predicted molar refractivity (Wildman–Crippen MR) is 108 cm³/mol. The SMILES string of the molecule is CNC(=O)N1C[C@@H](COC)C[C@@H](N(C(=O)NCc2ccc(Cl)cc2F)C2CC2)C1. The molecule has 3 rings (SSSR count). The first-order chi connectivity index (χ1) is 13.9. The molecule has 29 heavy (non-hydrogen) atoms. The highest BCUT2D eigenvalue weighted by atomic mass is 35.5. The van der Waals surface area contributed by atoms with Gasteiger partial charge >= 0.3 is 12.1 Å². The molecule has 1 heterocycles. The lowest BCUT2D eigenvalue weighted by Gasteiger charge is -2.42. The molecule has 2 fully saturated rings. The van der Waals surface area contributed by atoms with Gasteiger partial charge in [-0.15, -0.1) is 0 Å². The minimum Gasteiger partial charge on any atom is -0.384 e. The molecule has 2 atom stereocenters. The number of halogens is 2. The summed E-state index contributed by atoms with van der Waals surface area (Å²) >= 11 is 5.79. The highest BCUT2D eigenvalue weighted by Crippen LogP contribution is 2.33. The van der Waals surface area contributed by atoms with Crippen LogP contribution in [0.3, 0.4) is 0 Å². The number of piperidine rings is 1. The molecule has 0 aromatic heterocycles. The van der Waals surface area contributed by atoms with Crippen LogP contribution in [0.4, 0.5) is 14.0 Å². The zero-order valence-corrected chi connectivity index (χ0v) is 17.5. The van der Waals surface area contributed by atoms with Gasteiger partial charge < -0.3 is 25.2 Å². The monoisotopic (exact) mass is 426 g/mol. The summed E-state index contributed by atoms with van der Waals surface area (Å²) in [7, 11) is 3.24. The van der Waals surface area contributed by atoms with E-state index in [-0.39, 0.29) is 36.6 Å². The van der Waals surface area contributed by atoms with Crippen molar-refractivity contribution in [3.63, 3.8) is 0 Å². The van der Waals surface area contributed by atoms with Gasteiger partial charge in [0.1, 0.15) is 5.82 Å². The van der Waals surface area contributed by atoms with Crippen LogP contribution in [0, 0.1) is 11.7 Å². The number of carbonyl (C=O) groups is 2. The van der Waals surface area contributed by atoms with E-state index < -0.39 is 5.82 Å². The van der Waals surface area contributed by atoms with Gasteiger partial charge in [0.2, 0.25) is 0 Å². The molecule has 4 amide bonds. The Bertz CT molecular complexity index is 746. The van der Waals surface area contributed by atoms with Gasteiger partial charge in [0.15, 0.2) is 0 Å². The van der Waals surface area contributed by atoms with Crippen LogP contribution in [0.25, 0.3) is 0 Å². The van der Waals surface area contributed by atoms with Crippen LogP contribution >= 0.6 is 11.6 Å². The summed E-state index contributed by atoms with van der Waals surface area (Å²) in [6, 6.07) is 4.06. The molecule has 2 aliphatic rings. The maximum absolute atomic E-state index is 14.0. The van der Waals surface area contributed by atoms with Gasteiger partial charge in [-0.05, 0) is 31.4 Å². The van der Waals surface area contributed by atoms with Crippen molar-refractivity contribution in [1.82, 2.24) is 20.4 Å². The number of rotatable bonds is 6. The fourth-order valence-corrected chi connectivity index (χ4v) is 4.12. The number of hydrogen-bond donors (Lipinski definition) is 2. The van der Waals surface area contributed by atoms with E-state index in [9.17, 15) is 14.0 Å². The number of nitrogens with one attached hydrogen (secondary N) is 2. The van der Waals surface area contributed by atoms with Crippen LogP contribution in [0.1, 0.15) is 24.8 Å². The standard InChI is InChI=1S/C20H28ClFN4O3/c1-23-19(27)25-10-13(12-29-2)7-17(11-25)26(16-5-6-16)20(28)24-9-14-3-4-15(21)8-18(14)22/h3-4,8,13,16-17H,5-7,9-12H2,1-2H3,(H,23,27)(H,24,28)/t13-,17+/m0/s1. The van der Waals surface area contributed by atoms with E-state index in [4.69, 9.17) is 16.3 Å². The third-order valence-corrected chi connectivity index (χ3v) is 5.67. The van der Waals surface area contributed by atoms with Crippen LogP contribution < -0.4 is 10.6 Å². The summed E-state index contributed by atoms with van der Waals surface area (Å²) in [4.78, 5) is 28.8. The minimum absolute atomic E-state index is 0.0818. The predicted octanol–water partition coefficient (Wildman–Crippen LogP) is 2.83. The van der Waals surface area contributed by atoms with E-state index in [1.165, 1.54) is 6.07 Å². The first-order valence-corrected chi connectivity index (χ1v) is 10.3. The highest BCUT2D eigenvalue weighted by molar-refractivity contribution is 6.30. The first-order valence-electron chi connectivity index (χ1n) is 9.88. The molecule has 0 bridgehead atoms. The molecule has 1 saturated heterocycles. The van der Waals surface area contributed by atoms with E-state index in [2.05, 4.69) is 10.6 Å². The molecule has 160 valence electrons. The quantitative estimate of drug-likeness (QED) is 0.734. The zero-order valence-electron chi connectivity index (χ0n) is 16.8. The van der Waals surface area contributed by atoms with Crippen molar-refractivity contribution in [2.24, 2.45) is 5.92 Å². The zero-order chi connectivity index (χ0) is 21.0. The molecular formula is C20H28ClFN4O3. The molecule has 0 radical (unpaired) electrons. The Morgan fingerprint density at radius 1 is 1.31 bits per heavy atom. The largest absolute Gasteiger partial charge is 0.384 e. The lowest BCUT2D eigenvalue weighted by Crippen LogP contribution is -2.58. The number of hydrogen-bond acceptors (Lipinski definition) is 3. The molecule has 7 nitrogen and oxygen atoms in total. The average Bonchev–Trinajstić information content (AvgIpc) is 3.52. The second-order valence-corrected chi connectivity index (χ2v) is 8.14. The van der Waals surface area contributed by atoms with Crippen LogP contribution in [0.2, 0.25) is 5.02 Å². The second kappa shape index (κ2) is 9.63. The molecule has 2 N–H and O–H groups in total. The fraction of sp³-hybridized carbons (Fsp3) is 0.600. The topological polar surface area (TPSA) is 73.9 Å². The number of benzene rings is 1. The van der Waals surface area contributed by atoms with Crippen molar-refractivity contribution in [3.05, 3.63) is 34.6 Å². The molecule has 1 aromatic carbocycles. The first kappa shape index (κ1) is 21.6. The summed E-state index contributed by atoms with van der Waals surface area (Å²) < 4.78 is 19.3. The summed E-state index contributed by atoms with van der Waals surface area (Å²) in [6.07, 6.45) is 2.64. The number of nitrogens with zero attached hydrogens (tertiary/aromatic N) is 2. The van der Waals surface area contributed by atoms with Crippen molar-refractivity contribution in [2.45, 2.75) is 37.9 Å². The maximum Gasteiger partial charge on any atom is 0.318 e. The van der Waals surface area contributed by atoms with Gasteiger partial charge in [-0.3, -0.25) is 0 Å². The van der Waals surface area contributed by atoms with Gasteiger partial charge in [0.05, 0.1) is 12.6 Å².